The summed E-state index contributed by atoms with van der Waals surface area (Å²) < 4.78 is 16.4. The zero-order valence-corrected chi connectivity index (χ0v) is 11.4. The maximum atomic E-state index is 5.45. The lowest BCUT2D eigenvalue weighted by atomic mass is 9.91. The van der Waals surface area contributed by atoms with Gasteiger partial charge in [-0.1, -0.05) is 12.2 Å². The van der Waals surface area contributed by atoms with E-state index in [9.17, 15) is 0 Å². The van der Waals surface area contributed by atoms with E-state index >= 15 is 0 Å². The van der Waals surface area contributed by atoms with Crippen molar-refractivity contribution in [2.75, 3.05) is 21.3 Å². The molecule has 0 radical (unpaired) electrons. The van der Waals surface area contributed by atoms with E-state index in [2.05, 4.69) is 12.2 Å². The molecule has 0 aromatic carbocycles. The number of rotatable bonds is 6. The first-order chi connectivity index (χ1) is 7.73. The molecule has 4 heteroatoms. The Hall–Kier alpha value is -0.163. The van der Waals surface area contributed by atoms with Crippen molar-refractivity contribution in [1.82, 2.24) is 0 Å². The maximum Gasteiger partial charge on any atom is 0.500 e. The quantitative estimate of drug-likeness (QED) is 0.529. The second kappa shape index (κ2) is 5.00. The molecule has 0 aromatic heterocycles. The minimum Gasteiger partial charge on any atom is -0.377 e. The Labute approximate surface area is 99.1 Å². The van der Waals surface area contributed by atoms with Gasteiger partial charge in [0.15, 0.2) is 0 Å². The van der Waals surface area contributed by atoms with Crippen molar-refractivity contribution in [2.45, 2.75) is 25.3 Å². The molecule has 0 heterocycles. The van der Waals surface area contributed by atoms with Gasteiger partial charge in [-0.25, -0.2) is 0 Å². The lowest BCUT2D eigenvalue weighted by Crippen LogP contribution is -2.43. The van der Waals surface area contributed by atoms with Crippen molar-refractivity contribution in [1.29, 1.82) is 0 Å². The molecule has 92 valence electrons. The molecule has 0 amide bonds. The van der Waals surface area contributed by atoms with Gasteiger partial charge in [0.2, 0.25) is 0 Å². The molecule has 0 unspecified atom stereocenters. The fourth-order valence-corrected chi connectivity index (χ4v) is 4.98. The van der Waals surface area contributed by atoms with Crippen molar-refractivity contribution in [3.05, 3.63) is 12.2 Å². The molecule has 0 N–H and O–H groups in total. The SMILES string of the molecule is CO[Si](CC[C@@H]1C[C@H]2C=C[C@H]1C2)(OC)OC. The summed E-state index contributed by atoms with van der Waals surface area (Å²) in [4.78, 5) is 0. The molecule has 2 aliphatic rings. The summed E-state index contributed by atoms with van der Waals surface area (Å²) in [6.45, 7) is 0. The maximum absolute atomic E-state index is 5.45. The van der Waals surface area contributed by atoms with Crippen molar-refractivity contribution in [2.24, 2.45) is 17.8 Å². The number of hydrogen-bond acceptors (Lipinski definition) is 3. The monoisotopic (exact) mass is 242 g/mol. The summed E-state index contributed by atoms with van der Waals surface area (Å²) in [6.07, 6.45) is 8.67. The van der Waals surface area contributed by atoms with E-state index in [0.717, 1.165) is 23.8 Å². The summed E-state index contributed by atoms with van der Waals surface area (Å²) in [6, 6.07) is 0.943. The van der Waals surface area contributed by atoms with E-state index < -0.39 is 8.80 Å². The Morgan fingerprint density at radius 3 is 2.19 bits per heavy atom. The first kappa shape index (κ1) is 12.3. The Kier molecular flexibility index (Phi) is 3.84. The third-order valence-corrected chi connectivity index (χ3v) is 6.94. The van der Waals surface area contributed by atoms with E-state index in [-0.39, 0.29) is 0 Å². The van der Waals surface area contributed by atoms with Crippen LogP contribution in [0.25, 0.3) is 0 Å². The van der Waals surface area contributed by atoms with Crippen molar-refractivity contribution in [3.63, 3.8) is 0 Å². The Bertz CT molecular complexity index is 255. The predicted molar refractivity (Wildman–Crippen MR) is 65.0 cm³/mol. The van der Waals surface area contributed by atoms with Crippen LogP contribution in [0.5, 0.6) is 0 Å². The van der Waals surface area contributed by atoms with Gasteiger partial charge in [-0.3, -0.25) is 0 Å². The van der Waals surface area contributed by atoms with Crippen LogP contribution in [-0.2, 0) is 13.3 Å². The standard InChI is InChI=1S/C12H22O3Si/c1-13-16(14-2,15-3)7-6-12-9-10-4-5-11(12)8-10/h4-5,10-12H,6-9H2,1-3H3/t10-,11-,12+/m0/s1. The summed E-state index contributed by atoms with van der Waals surface area (Å²) in [5.41, 5.74) is 0. The zero-order valence-electron chi connectivity index (χ0n) is 10.4. The molecule has 16 heavy (non-hydrogen) atoms. The number of fused-ring (bicyclic) bond motifs is 2. The molecule has 0 aromatic rings. The van der Waals surface area contributed by atoms with Crippen LogP contribution < -0.4 is 0 Å². The molecule has 1 saturated carbocycles. The smallest absolute Gasteiger partial charge is 0.377 e. The van der Waals surface area contributed by atoms with E-state index in [1.165, 1.54) is 19.3 Å². The molecule has 2 bridgehead atoms. The highest BCUT2D eigenvalue weighted by atomic mass is 28.4. The second-order valence-electron chi connectivity index (χ2n) is 4.87. The van der Waals surface area contributed by atoms with Gasteiger partial charge in [-0.2, -0.15) is 0 Å². The normalized spacial score (nSPS) is 32.6. The molecule has 2 aliphatic carbocycles. The third-order valence-electron chi connectivity index (χ3n) is 4.17. The number of allylic oxidation sites excluding steroid dienone is 2. The van der Waals surface area contributed by atoms with Gasteiger partial charge in [-0.15, -0.1) is 0 Å². The summed E-state index contributed by atoms with van der Waals surface area (Å²) in [5.74, 6) is 2.48. The fourth-order valence-electron chi connectivity index (χ4n) is 3.14. The Morgan fingerprint density at radius 2 is 1.75 bits per heavy atom. The van der Waals surface area contributed by atoms with Crippen LogP contribution in [0.4, 0.5) is 0 Å². The summed E-state index contributed by atoms with van der Waals surface area (Å²) >= 11 is 0. The van der Waals surface area contributed by atoms with Gasteiger partial charge < -0.3 is 13.3 Å². The van der Waals surface area contributed by atoms with Gasteiger partial charge in [0.05, 0.1) is 0 Å². The van der Waals surface area contributed by atoms with E-state index in [4.69, 9.17) is 13.3 Å². The third kappa shape index (κ3) is 2.25. The van der Waals surface area contributed by atoms with E-state index in [0.29, 0.717) is 0 Å². The summed E-state index contributed by atoms with van der Waals surface area (Å²) in [7, 11) is 2.75. The average molecular weight is 242 g/mol. The lowest BCUT2D eigenvalue weighted by molar-refractivity contribution is 0.120. The topological polar surface area (TPSA) is 27.7 Å². The highest BCUT2D eigenvalue weighted by molar-refractivity contribution is 6.60. The van der Waals surface area contributed by atoms with Crippen LogP contribution in [0.3, 0.4) is 0 Å². The minimum atomic E-state index is -2.34. The minimum absolute atomic E-state index is 0.808. The van der Waals surface area contributed by atoms with E-state index in [1.807, 2.05) is 0 Å². The molecule has 0 aliphatic heterocycles. The average Bonchev–Trinajstić information content (AvgIpc) is 2.93. The Balaban J connectivity index is 1.84. The van der Waals surface area contributed by atoms with Crippen LogP contribution in [0, 0.1) is 17.8 Å². The predicted octanol–water partition coefficient (Wildman–Crippen LogP) is 2.47. The van der Waals surface area contributed by atoms with Gasteiger partial charge in [0, 0.05) is 27.4 Å². The van der Waals surface area contributed by atoms with E-state index in [1.54, 1.807) is 21.3 Å². The molecule has 0 saturated heterocycles. The van der Waals surface area contributed by atoms with Crippen LogP contribution in [-0.4, -0.2) is 30.1 Å². The fraction of sp³-hybridized carbons (Fsp3) is 0.833. The molecule has 2 rings (SSSR count). The molecule has 3 atom stereocenters. The molecule has 0 spiro atoms. The van der Waals surface area contributed by atoms with Crippen molar-refractivity contribution < 1.29 is 13.3 Å². The molecule has 1 fully saturated rings. The van der Waals surface area contributed by atoms with Crippen LogP contribution in [0.15, 0.2) is 12.2 Å². The number of hydrogen-bond donors (Lipinski definition) is 0. The largest absolute Gasteiger partial charge is 0.500 e. The van der Waals surface area contributed by atoms with Gasteiger partial charge in [-0.05, 0) is 37.0 Å². The summed E-state index contributed by atoms with van der Waals surface area (Å²) in [5, 5.41) is 0. The van der Waals surface area contributed by atoms with Gasteiger partial charge >= 0.3 is 8.80 Å². The Morgan fingerprint density at radius 1 is 1.06 bits per heavy atom. The van der Waals surface area contributed by atoms with Crippen molar-refractivity contribution in [3.8, 4) is 0 Å². The lowest BCUT2D eigenvalue weighted by Gasteiger charge is -2.27. The first-order valence-corrected chi connectivity index (χ1v) is 8.00. The second-order valence-corrected chi connectivity index (χ2v) is 7.97. The highest BCUT2D eigenvalue weighted by Crippen LogP contribution is 2.46. The van der Waals surface area contributed by atoms with Crippen molar-refractivity contribution >= 4 is 8.80 Å². The molecule has 3 nitrogen and oxygen atoms in total. The highest BCUT2D eigenvalue weighted by Gasteiger charge is 2.41. The molecular weight excluding hydrogens is 220 g/mol. The van der Waals surface area contributed by atoms with Gasteiger partial charge in [0.25, 0.3) is 0 Å². The van der Waals surface area contributed by atoms with Crippen LogP contribution in [0.2, 0.25) is 6.04 Å². The van der Waals surface area contributed by atoms with Gasteiger partial charge in [0.1, 0.15) is 0 Å². The first-order valence-electron chi connectivity index (χ1n) is 6.07. The zero-order chi connectivity index (χ0) is 11.6. The van der Waals surface area contributed by atoms with Crippen LogP contribution in [0.1, 0.15) is 19.3 Å². The molecular formula is C12H22O3Si. The van der Waals surface area contributed by atoms with Crippen LogP contribution >= 0.6 is 0 Å².